The molecule has 0 spiro atoms. The quantitative estimate of drug-likeness (QED) is 0.296. The lowest BCUT2D eigenvalue weighted by molar-refractivity contribution is 0.0177. The molecule has 1 aliphatic rings. The topological polar surface area (TPSA) is 52.1 Å². The van der Waals surface area contributed by atoms with E-state index in [4.69, 9.17) is 4.74 Å². The van der Waals surface area contributed by atoms with Crippen molar-refractivity contribution >= 4 is 41.3 Å². The molecule has 0 saturated carbocycles. The van der Waals surface area contributed by atoms with E-state index in [1.54, 1.807) is 0 Å². The monoisotopic (exact) mass is 523 g/mol. The van der Waals surface area contributed by atoms with Crippen LogP contribution in [-0.2, 0) is 4.74 Å². The minimum atomic E-state index is 0. The second-order valence-electron chi connectivity index (χ2n) is 7.48. The van der Waals surface area contributed by atoms with E-state index in [-0.39, 0.29) is 24.0 Å². The van der Waals surface area contributed by atoms with Crippen LogP contribution in [0.2, 0.25) is 0 Å². The van der Waals surface area contributed by atoms with E-state index in [1.807, 2.05) is 18.4 Å². The van der Waals surface area contributed by atoms with Gasteiger partial charge in [-0.1, -0.05) is 6.07 Å². The first-order valence-electron chi connectivity index (χ1n) is 10.1. The van der Waals surface area contributed by atoms with Crippen molar-refractivity contribution in [2.75, 3.05) is 53.0 Å². The number of guanidine groups is 1. The standard InChI is InChI=1S/C20H37N5OS.HI/c1-16(2)25(17(3)4)9-8-22-20(21-5)23-15-18(19-7-6-14-27-19)24-10-12-26-13-11-24;/h6-7,14,16-18H,8-13,15H2,1-5H3,(H2,21,22,23);1H. The molecule has 1 fully saturated rings. The SMILES string of the molecule is CN=C(NCCN(C(C)C)C(C)C)NCC(c1cccs1)N1CCOCC1.I. The summed E-state index contributed by atoms with van der Waals surface area (Å²) < 4.78 is 5.53. The molecule has 0 amide bonds. The van der Waals surface area contributed by atoms with Crippen LogP contribution in [0, 0.1) is 0 Å². The summed E-state index contributed by atoms with van der Waals surface area (Å²) in [5, 5.41) is 9.16. The fraction of sp³-hybridized carbons (Fsp3) is 0.750. The Labute approximate surface area is 192 Å². The summed E-state index contributed by atoms with van der Waals surface area (Å²) in [7, 11) is 1.84. The third-order valence-electron chi connectivity index (χ3n) is 5.03. The van der Waals surface area contributed by atoms with Crippen molar-refractivity contribution < 1.29 is 4.74 Å². The van der Waals surface area contributed by atoms with Gasteiger partial charge in [0.15, 0.2) is 5.96 Å². The molecule has 6 nitrogen and oxygen atoms in total. The second kappa shape index (κ2) is 13.7. The van der Waals surface area contributed by atoms with E-state index in [2.05, 4.69) is 70.6 Å². The maximum atomic E-state index is 5.53. The van der Waals surface area contributed by atoms with Gasteiger partial charge in [-0.25, -0.2) is 0 Å². The average Bonchev–Trinajstić information content (AvgIpc) is 3.18. The highest BCUT2D eigenvalue weighted by Gasteiger charge is 2.23. The zero-order valence-electron chi connectivity index (χ0n) is 18.0. The van der Waals surface area contributed by atoms with Crippen LogP contribution >= 0.6 is 35.3 Å². The van der Waals surface area contributed by atoms with E-state index in [1.165, 1.54) is 4.88 Å². The van der Waals surface area contributed by atoms with Crippen LogP contribution in [0.1, 0.15) is 38.6 Å². The molecule has 1 unspecified atom stereocenters. The van der Waals surface area contributed by atoms with E-state index in [0.29, 0.717) is 18.1 Å². The van der Waals surface area contributed by atoms with Crippen LogP contribution in [0.3, 0.4) is 0 Å². The molecule has 1 aromatic rings. The summed E-state index contributed by atoms with van der Waals surface area (Å²) in [6, 6.07) is 5.81. The van der Waals surface area contributed by atoms with E-state index in [9.17, 15) is 0 Å². The van der Waals surface area contributed by atoms with Gasteiger partial charge in [0.1, 0.15) is 0 Å². The Morgan fingerprint density at radius 3 is 2.43 bits per heavy atom. The van der Waals surface area contributed by atoms with Crippen LogP contribution in [0.25, 0.3) is 0 Å². The molecule has 0 bridgehead atoms. The lowest BCUT2D eigenvalue weighted by Gasteiger charge is -2.34. The van der Waals surface area contributed by atoms with Crippen LogP contribution in [-0.4, -0.2) is 80.8 Å². The molecule has 8 heteroatoms. The first kappa shape index (κ1) is 25.6. The first-order chi connectivity index (χ1) is 13.0. The molecule has 0 radical (unpaired) electrons. The summed E-state index contributed by atoms with van der Waals surface area (Å²) in [5.74, 6) is 0.872. The van der Waals surface area contributed by atoms with Crippen molar-refractivity contribution in [2.45, 2.75) is 45.8 Å². The van der Waals surface area contributed by atoms with Crippen molar-refractivity contribution in [3.05, 3.63) is 22.4 Å². The van der Waals surface area contributed by atoms with Crippen LogP contribution < -0.4 is 10.6 Å². The Morgan fingerprint density at radius 2 is 1.89 bits per heavy atom. The van der Waals surface area contributed by atoms with Gasteiger partial charge in [0.05, 0.1) is 19.3 Å². The average molecular weight is 524 g/mol. The molecule has 1 aromatic heterocycles. The predicted octanol–water partition coefficient (Wildman–Crippen LogP) is 3.02. The molecule has 1 saturated heterocycles. The Kier molecular flexibility index (Phi) is 12.6. The van der Waals surface area contributed by atoms with Crippen LogP contribution in [0.15, 0.2) is 22.5 Å². The number of hydrogen-bond donors (Lipinski definition) is 2. The van der Waals surface area contributed by atoms with Gasteiger partial charge in [-0.05, 0) is 39.1 Å². The van der Waals surface area contributed by atoms with Crippen molar-refractivity contribution in [3.8, 4) is 0 Å². The Hall–Kier alpha value is -0.420. The number of morpholine rings is 1. The Balaban J connectivity index is 0.00000392. The van der Waals surface area contributed by atoms with E-state index in [0.717, 1.165) is 51.9 Å². The second-order valence-corrected chi connectivity index (χ2v) is 8.46. The summed E-state index contributed by atoms with van der Waals surface area (Å²) in [5.41, 5.74) is 0. The zero-order chi connectivity index (χ0) is 19.6. The fourth-order valence-corrected chi connectivity index (χ4v) is 4.47. The lowest BCUT2D eigenvalue weighted by Crippen LogP contribution is -2.48. The number of aliphatic imine (C=N–C) groups is 1. The smallest absolute Gasteiger partial charge is 0.191 e. The highest BCUT2D eigenvalue weighted by Crippen LogP contribution is 2.25. The van der Waals surface area contributed by atoms with Gasteiger partial charge in [-0.2, -0.15) is 0 Å². The summed E-state index contributed by atoms with van der Waals surface area (Å²) in [4.78, 5) is 10.8. The number of nitrogens with one attached hydrogen (secondary N) is 2. The number of nitrogens with zero attached hydrogens (tertiary/aromatic N) is 3. The maximum Gasteiger partial charge on any atom is 0.191 e. The van der Waals surface area contributed by atoms with Gasteiger partial charge < -0.3 is 15.4 Å². The Morgan fingerprint density at radius 1 is 1.21 bits per heavy atom. The summed E-state index contributed by atoms with van der Waals surface area (Å²) in [6.07, 6.45) is 0. The molecule has 2 rings (SSSR count). The van der Waals surface area contributed by atoms with Crippen molar-refractivity contribution in [2.24, 2.45) is 4.99 Å². The fourth-order valence-electron chi connectivity index (χ4n) is 3.61. The van der Waals surface area contributed by atoms with Crippen molar-refractivity contribution in [3.63, 3.8) is 0 Å². The van der Waals surface area contributed by atoms with Crippen molar-refractivity contribution in [1.29, 1.82) is 0 Å². The first-order valence-corrected chi connectivity index (χ1v) is 11.0. The molecular weight excluding hydrogens is 485 g/mol. The minimum Gasteiger partial charge on any atom is -0.379 e. The number of halogens is 1. The van der Waals surface area contributed by atoms with Gasteiger partial charge in [0.25, 0.3) is 0 Å². The van der Waals surface area contributed by atoms with Gasteiger partial charge >= 0.3 is 0 Å². The molecule has 2 heterocycles. The molecule has 1 atom stereocenters. The number of hydrogen-bond acceptors (Lipinski definition) is 5. The number of thiophene rings is 1. The third kappa shape index (κ3) is 8.14. The van der Waals surface area contributed by atoms with Gasteiger partial charge in [0, 0.05) is 56.7 Å². The normalized spacial score (nSPS) is 17.1. The summed E-state index contributed by atoms with van der Waals surface area (Å²) in [6.45, 7) is 15.3. The molecule has 28 heavy (non-hydrogen) atoms. The zero-order valence-corrected chi connectivity index (χ0v) is 21.1. The van der Waals surface area contributed by atoms with Gasteiger partial charge in [0.2, 0.25) is 0 Å². The Bertz CT molecular complexity index is 539. The summed E-state index contributed by atoms with van der Waals surface area (Å²) >= 11 is 1.82. The number of rotatable bonds is 9. The molecule has 2 N–H and O–H groups in total. The largest absolute Gasteiger partial charge is 0.379 e. The van der Waals surface area contributed by atoms with Crippen LogP contribution in [0.4, 0.5) is 0 Å². The van der Waals surface area contributed by atoms with E-state index >= 15 is 0 Å². The van der Waals surface area contributed by atoms with E-state index < -0.39 is 0 Å². The van der Waals surface area contributed by atoms with Gasteiger partial charge in [-0.15, -0.1) is 35.3 Å². The minimum absolute atomic E-state index is 0. The molecule has 0 aliphatic carbocycles. The highest BCUT2D eigenvalue weighted by molar-refractivity contribution is 14.0. The maximum absolute atomic E-state index is 5.53. The molecule has 1 aliphatic heterocycles. The molecular formula is C20H38IN5OS. The van der Waals surface area contributed by atoms with Crippen molar-refractivity contribution in [1.82, 2.24) is 20.4 Å². The number of ether oxygens (including phenoxy) is 1. The predicted molar refractivity (Wildman–Crippen MR) is 131 cm³/mol. The molecule has 162 valence electrons. The van der Waals surface area contributed by atoms with Crippen LogP contribution in [0.5, 0.6) is 0 Å². The lowest BCUT2D eigenvalue weighted by atomic mass is 10.2. The third-order valence-corrected chi connectivity index (χ3v) is 6.01. The van der Waals surface area contributed by atoms with Gasteiger partial charge in [-0.3, -0.25) is 14.8 Å². The molecule has 0 aromatic carbocycles. The highest BCUT2D eigenvalue weighted by atomic mass is 127.